The molecule has 2 aromatic carbocycles. The average molecular weight is 805 g/mol. The summed E-state index contributed by atoms with van der Waals surface area (Å²) in [5.74, 6) is -0.223. The smallest absolute Gasteiger partial charge is 0.411 e. The maximum absolute atomic E-state index is 13.5. The van der Waals surface area contributed by atoms with Crippen LogP contribution in [0.4, 0.5) is 20.1 Å². The van der Waals surface area contributed by atoms with Gasteiger partial charge in [0.05, 0.1) is 45.2 Å². The number of rotatable bonds is 16. The predicted octanol–water partition coefficient (Wildman–Crippen LogP) is 7.64. The second kappa shape index (κ2) is 19.4. The SMILES string of the molecule is COC(=O)CCN(C[C@H](NC(=O)OCc1ccccc1)c1nc(-c2ccc(NC(=O)OC)cc2Br)c(COCC[Si](C)(C)C)[nH]1)C(=O)OC(C)(C)C. The van der Waals surface area contributed by atoms with Gasteiger partial charge in [-0.1, -0.05) is 65.9 Å². The van der Waals surface area contributed by atoms with Crippen LogP contribution in [-0.2, 0) is 41.7 Å². The lowest BCUT2D eigenvalue weighted by molar-refractivity contribution is -0.140. The summed E-state index contributed by atoms with van der Waals surface area (Å²) in [6, 6.07) is 14.4. The number of nitrogens with one attached hydrogen (secondary N) is 3. The lowest BCUT2D eigenvalue weighted by atomic mass is 10.1. The number of benzene rings is 2. The van der Waals surface area contributed by atoms with Crippen molar-refractivity contribution in [3.63, 3.8) is 0 Å². The number of imidazole rings is 1. The average Bonchev–Trinajstić information content (AvgIpc) is 3.49. The highest BCUT2D eigenvalue weighted by molar-refractivity contribution is 9.10. The van der Waals surface area contributed by atoms with E-state index >= 15 is 0 Å². The fourth-order valence-corrected chi connectivity index (χ4v) is 5.99. The molecule has 0 fully saturated rings. The molecule has 14 nitrogen and oxygen atoms in total. The van der Waals surface area contributed by atoms with Crippen LogP contribution in [0.1, 0.15) is 50.3 Å². The Morgan fingerprint density at radius 1 is 0.981 bits per heavy atom. The first-order chi connectivity index (χ1) is 24.5. The van der Waals surface area contributed by atoms with E-state index in [2.05, 4.69) is 51.2 Å². The van der Waals surface area contributed by atoms with E-state index in [1.807, 2.05) is 30.3 Å². The van der Waals surface area contributed by atoms with Crippen molar-refractivity contribution in [1.82, 2.24) is 20.2 Å². The Balaban J connectivity index is 2.06. The number of nitrogens with zero attached hydrogens (tertiary/aromatic N) is 2. The normalized spacial score (nSPS) is 12.0. The zero-order chi connectivity index (χ0) is 38.5. The highest BCUT2D eigenvalue weighted by Crippen LogP contribution is 2.33. The molecule has 0 aliphatic heterocycles. The molecule has 0 saturated carbocycles. The minimum atomic E-state index is -1.38. The van der Waals surface area contributed by atoms with Crippen LogP contribution in [0, 0.1) is 0 Å². The lowest BCUT2D eigenvalue weighted by Crippen LogP contribution is -2.44. The van der Waals surface area contributed by atoms with E-state index in [9.17, 15) is 19.2 Å². The van der Waals surface area contributed by atoms with Gasteiger partial charge in [0.25, 0.3) is 0 Å². The molecule has 0 spiro atoms. The Labute approximate surface area is 314 Å². The van der Waals surface area contributed by atoms with Gasteiger partial charge in [0.15, 0.2) is 0 Å². The molecule has 3 N–H and O–H groups in total. The zero-order valence-electron chi connectivity index (χ0n) is 31.1. The van der Waals surface area contributed by atoms with Crippen LogP contribution < -0.4 is 10.6 Å². The first kappa shape index (κ1) is 42.0. The molecule has 1 aromatic heterocycles. The number of anilines is 1. The van der Waals surface area contributed by atoms with Crippen molar-refractivity contribution in [3.8, 4) is 11.3 Å². The van der Waals surface area contributed by atoms with E-state index in [0.29, 0.717) is 39.5 Å². The number of aromatic amines is 1. The molecule has 16 heteroatoms. The Bertz CT molecular complexity index is 1660. The summed E-state index contributed by atoms with van der Waals surface area (Å²) in [5.41, 5.74) is 2.24. The molecular weight excluding hydrogens is 754 g/mol. The molecule has 0 aliphatic carbocycles. The van der Waals surface area contributed by atoms with Crippen LogP contribution in [0.2, 0.25) is 25.7 Å². The number of hydrogen-bond donors (Lipinski definition) is 3. The standard InChI is InChI=1S/C36H50BrN5O9Si/c1-36(2,3)51-35(46)42(17-16-30(43)47-4)21-28(40-34(45)50-22-24-12-10-9-11-13-24)32-39-29(23-49-18-19-52(6,7)8)31(41-32)26-15-14-25(20-27(26)37)38-33(44)48-5/h9-15,20,28H,16-19,21-23H2,1-8H3,(H,38,44)(H,39,41)(H,40,45)/t28-/m0/s1. The molecule has 3 rings (SSSR count). The first-order valence-electron chi connectivity index (χ1n) is 16.8. The summed E-state index contributed by atoms with van der Waals surface area (Å²) >= 11 is 3.61. The van der Waals surface area contributed by atoms with Gasteiger partial charge in [-0.2, -0.15) is 0 Å². The van der Waals surface area contributed by atoms with Crippen molar-refractivity contribution < 1.29 is 42.9 Å². The van der Waals surface area contributed by atoms with Crippen molar-refractivity contribution in [2.24, 2.45) is 0 Å². The minimum absolute atomic E-state index is 0.00992. The van der Waals surface area contributed by atoms with Crippen molar-refractivity contribution in [2.45, 2.75) is 77.7 Å². The fourth-order valence-electron chi connectivity index (χ4n) is 4.67. The molecule has 0 aliphatic rings. The van der Waals surface area contributed by atoms with Crippen LogP contribution in [0.3, 0.4) is 0 Å². The highest BCUT2D eigenvalue weighted by Gasteiger charge is 2.30. The van der Waals surface area contributed by atoms with Gasteiger partial charge in [-0.15, -0.1) is 0 Å². The van der Waals surface area contributed by atoms with E-state index < -0.39 is 44.0 Å². The van der Waals surface area contributed by atoms with Gasteiger partial charge in [-0.25, -0.2) is 19.4 Å². The molecule has 3 amide bonds. The summed E-state index contributed by atoms with van der Waals surface area (Å²) in [6.45, 7) is 12.5. The second-order valence-corrected chi connectivity index (χ2v) is 20.6. The Morgan fingerprint density at radius 2 is 1.69 bits per heavy atom. The molecule has 52 heavy (non-hydrogen) atoms. The Morgan fingerprint density at radius 3 is 2.31 bits per heavy atom. The molecule has 284 valence electrons. The maximum Gasteiger partial charge on any atom is 0.411 e. The van der Waals surface area contributed by atoms with E-state index in [1.165, 1.54) is 19.1 Å². The van der Waals surface area contributed by atoms with Gasteiger partial charge < -0.3 is 38.9 Å². The molecule has 0 bridgehead atoms. The Hall–Kier alpha value is -4.41. The summed E-state index contributed by atoms with van der Waals surface area (Å²) in [6.07, 6.45) is -2.18. The molecule has 0 radical (unpaired) electrons. The van der Waals surface area contributed by atoms with Crippen LogP contribution >= 0.6 is 15.9 Å². The molecule has 1 heterocycles. The minimum Gasteiger partial charge on any atom is -0.469 e. The number of esters is 1. The highest BCUT2D eigenvalue weighted by atomic mass is 79.9. The monoisotopic (exact) mass is 803 g/mol. The van der Waals surface area contributed by atoms with Crippen LogP contribution in [-0.4, -0.2) is 86.7 Å². The number of carbonyl (C=O) groups is 4. The topological polar surface area (TPSA) is 170 Å². The van der Waals surface area contributed by atoms with Gasteiger partial charge in [-0.3, -0.25) is 10.1 Å². The van der Waals surface area contributed by atoms with Gasteiger partial charge in [-0.05, 0) is 50.6 Å². The second-order valence-electron chi connectivity index (χ2n) is 14.1. The number of alkyl carbamates (subject to hydrolysis) is 1. The van der Waals surface area contributed by atoms with E-state index in [1.54, 1.807) is 39.0 Å². The number of amides is 3. The molecule has 1 atom stereocenters. The van der Waals surface area contributed by atoms with Crippen LogP contribution in [0.15, 0.2) is 53.0 Å². The number of ether oxygens (including phenoxy) is 5. The van der Waals surface area contributed by atoms with Gasteiger partial charge in [0.2, 0.25) is 0 Å². The van der Waals surface area contributed by atoms with Crippen molar-refractivity contribution in [1.29, 1.82) is 0 Å². The predicted molar refractivity (Wildman–Crippen MR) is 203 cm³/mol. The van der Waals surface area contributed by atoms with Gasteiger partial charge in [0.1, 0.15) is 24.1 Å². The van der Waals surface area contributed by atoms with Gasteiger partial charge >= 0.3 is 24.2 Å². The number of aromatic nitrogens is 2. The molecule has 3 aromatic rings. The third kappa shape index (κ3) is 14.3. The number of methoxy groups -OCH3 is 2. The summed E-state index contributed by atoms with van der Waals surface area (Å²) < 4.78 is 27.5. The fraction of sp³-hybridized carbons (Fsp3) is 0.472. The third-order valence-electron chi connectivity index (χ3n) is 7.40. The first-order valence-corrected chi connectivity index (χ1v) is 21.3. The van der Waals surface area contributed by atoms with Crippen LogP contribution in [0.5, 0.6) is 0 Å². The summed E-state index contributed by atoms with van der Waals surface area (Å²) in [5, 5.41) is 5.49. The van der Waals surface area contributed by atoms with Crippen molar-refractivity contribution >= 4 is 53.9 Å². The van der Waals surface area contributed by atoms with Crippen LogP contribution in [0.25, 0.3) is 11.3 Å². The summed E-state index contributed by atoms with van der Waals surface area (Å²) in [7, 11) is 1.16. The van der Waals surface area contributed by atoms with E-state index in [0.717, 1.165) is 11.6 Å². The quantitative estimate of drug-likeness (QED) is 0.0566. The Kier molecular flexibility index (Phi) is 15.7. The largest absolute Gasteiger partial charge is 0.469 e. The molecular formula is C36H50BrN5O9Si. The number of hydrogen-bond acceptors (Lipinski definition) is 10. The van der Waals surface area contributed by atoms with E-state index in [-0.39, 0.29) is 32.7 Å². The van der Waals surface area contributed by atoms with Crippen molar-refractivity contribution in [2.75, 3.05) is 39.2 Å². The maximum atomic E-state index is 13.5. The number of carbonyl (C=O) groups excluding carboxylic acids is 4. The molecule has 0 unspecified atom stereocenters. The number of H-pyrrole nitrogens is 1. The third-order valence-corrected chi connectivity index (χ3v) is 9.76. The number of halogens is 1. The summed E-state index contributed by atoms with van der Waals surface area (Å²) in [4.78, 5) is 60.3. The molecule has 0 saturated heterocycles. The zero-order valence-corrected chi connectivity index (χ0v) is 33.7. The lowest BCUT2D eigenvalue weighted by Gasteiger charge is -2.29. The van der Waals surface area contributed by atoms with Gasteiger partial charge in [0, 0.05) is 36.9 Å². The van der Waals surface area contributed by atoms with Crippen molar-refractivity contribution in [3.05, 3.63) is 70.1 Å². The van der Waals surface area contributed by atoms with E-state index in [4.69, 9.17) is 28.7 Å².